The summed E-state index contributed by atoms with van der Waals surface area (Å²) in [4.78, 5) is 11.9. The molecule has 104 valence electrons. The molecule has 2 aromatic rings. The van der Waals surface area contributed by atoms with Gasteiger partial charge in [0.05, 0.1) is 15.5 Å². The molecule has 0 aromatic heterocycles. The third-order valence-corrected chi connectivity index (χ3v) is 4.40. The summed E-state index contributed by atoms with van der Waals surface area (Å²) in [5.74, 6) is -0.787. The molecule has 0 aliphatic heterocycles. The van der Waals surface area contributed by atoms with Gasteiger partial charge in [0, 0.05) is 5.02 Å². The first-order valence-corrected chi connectivity index (χ1v) is 7.71. The molecule has 2 aromatic carbocycles. The van der Waals surface area contributed by atoms with Gasteiger partial charge in [-0.3, -0.25) is 4.79 Å². The van der Waals surface area contributed by atoms with Crippen LogP contribution in [0.2, 0.25) is 10.0 Å². The smallest absolute Gasteiger partial charge is 0.266 e. The molecule has 0 aliphatic rings. The molecule has 0 atom stereocenters. The molecule has 0 fully saturated rings. The number of hydrogen-bond acceptors (Lipinski definition) is 3. The highest BCUT2D eigenvalue weighted by molar-refractivity contribution is 7.90. The van der Waals surface area contributed by atoms with E-state index in [-0.39, 0.29) is 15.5 Å². The SMILES string of the molecule is O=C(NS(=O)(=O)c1ccc(Cl)cc1)c1ccccc1Cl. The van der Waals surface area contributed by atoms with Gasteiger partial charge in [-0.05, 0) is 36.4 Å². The van der Waals surface area contributed by atoms with Gasteiger partial charge in [-0.1, -0.05) is 35.3 Å². The molecule has 2 rings (SSSR count). The van der Waals surface area contributed by atoms with Gasteiger partial charge in [0.25, 0.3) is 15.9 Å². The van der Waals surface area contributed by atoms with E-state index in [1.807, 2.05) is 4.72 Å². The fraction of sp³-hybridized carbons (Fsp3) is 0. The Morgan fingerprint density at radius 1 is 0.950 bits per heavy atom. The second-order valence-electron chi connectivity index (χ2n) is 3.87. The average Bonchev–Trinajstić information content (AvgIpc) is 2.39. The molecule has 0 radical (unpaired) electrons. The number of nitrogens with one attached hydrogen (secondary N) is 1. The lowest BCUT2D eigenvalue weighted by atomic mass is 10.2. The van der Waals surface area contributed by atoms with Crippen LogP contribution in [0.4, 0.5) is 0 Å². The van der Waals surface area contributed by atoms with E-state index in [1.165, 1.54) is 36.4 Å². The van der Waals surface area contributed by atoms with Crippen LogP contribution in [0.3, 0.4) is 0 Å². The van der Waals surface area contributed by atoms with Crippen LogP contribution in [-0.2, 0) is 10.0 Å². The van der Waals surface area contributed by atoms with Gasteiger partial charge in [-0.2, -0.15) is 0 Å². The Kier molecular flexibility index (Phi) is 4.32. The Labute approximate surface area is 126 Å². The van der Waals surface area contributed by atoms with Crippen molar-refractivity contribution in [1.82, 2.24) is 4.72 Å². The van der Waals surface area contributed by atoms with E-state index in [1.54, 1.807) is 12.1 Å². The summed E-state index contributed by atoms with van der Waals surface area (Å²) < 4.78 is 26.0. The van der Waals surface area contributed by atoms with E-state index in [2.05, 4.69) is 0 Å². The van der Waals surface area contributed by atoms with E-state index < -0.39 is 15.9 Å². The summed E-state index contributed by atoms with van der Waals surface area (Å²) in [6.45, 7) is 0. The number of sulfonamides is 1. The molecular formula is C13H9Cl2NO3S. The molecule has 0 saturated heterocycles. The zero-order valence-electron chi connectivity index (χ0n) is 10.0. The normalized spacial score (nSPS) is 11.1. The van der Waals surface area contributed by atoms with Gasteiger partial charge < -0.3 is 0 Å². The molecule has 0 heterocycles. The maximum absolute atomic E-state index is 12.0. The molecule has 20 heavy (non-hydrogen) atoms. The van der Waals surface area contributed by atoms with Crippen molar-refractivity contribution in [1.29, 1.82) is 0 Å². The molecule has 1 amide bonds. The fourth-order valence-corrected chi connectivity index (χ4v) is 2.81. The van der Waals surface area contributed by atoms with Crippen LogP contribution in [0.5, 0.6) is 0 Å². The van der Waals surface area contributed by atoms with Crippen molar-refractivity contribution in [3.05, 3.63) is 64.1 Å². The first kappa shape index (κ1) is 14.8. The van der Waals surface area contributed by atoms with Crippen LogP contribution in [0.25, 0.3) is 0 Å². The predicted octanol–water partition coefficient (Wildman–Crippen LogP) is 3.11. The summed E-state index contributed by atoms with van der Waals surface area (Å²) in [5.41, 5.74) is 0.0895. The molecule has 0 saturated carbocycles. The third kappa shape index (κ3) is 3.30. The van der Waals surface area contributed by atoms with E-state index in [0.717, 1.165) is 0 Å². The van der Waals surface area contributed by atoms with Crippen molar-refractivity contribution in [3.63, 3.8) is 0 Å². The predicted molar refractivity (Wildman–Crippen MR) is 77.6 cm³/mol. The Hall–Kier alpha value is -1.56. The highest BCUT2D eigenvalue weighted by atomic mass is 35.5. The summed E-state index contributed by atoms with van der Waals surface area (Å²) in [6.07, 6.45) is 0. The Morgan fingerprint density at radius 3 is 2.15 bits per heavy atom. The van der Waals surface area contributed by atoms with Gasteiger partial charge >= 0.3 is 0 Å². The molecule has 7 heteroatoms. The van der Waals surface area contributed by atoms with Gasteiger partial charge in [0.1, 0.15) is 0 Å². The van der Waals surface area contributed by atoms with Crippen molar-refractivity contribution < 1.29 is 13.2 Å². The third-order valence-electron chi connectivity index (χ3n) is 2.47. The minimum Gasteiger partial charge on any atom is -0.268 e. The fourth-order valence-electron chi connectivity index (χ4n) is 1.50. The number of rotatable bonds is 3. The molecule has 0 aliphatic carbocycles. The van der Waals surface area contributed by atoms with E-state index in [9.17, 15) is 13.2 Å². The highest BCUT2D eigenvalue weighted by Crippen LogP contribution is 2.17. The molecule has 1 N–H and O–H groups in total. The van der Waals surface area contributed by atoms with Crippen LogP contribution < -0.4 is 4.72 Å². The number of benzene rings is 2. The summed E-state index contributed by atoms with van der Waals surface area (Å²) in [6, 6.07) is 11.7. The number of hydrogen-bond donors (Lipinski definition) is 1. The number of carbonyl (C=O) groups is 1. The minimum absolute atomic E-state index is 0.0534. The topological polar surface area (TPSA) is 63.2 Å². The van der Waals surface area contributed by atoms with Crippen molar-refractivity contribution in [2.75, 3.05) is 0 Å². The maximum Gasteiger partial charge on any atom is 0.266 e. The minimum atomic E-state index is -3.96. The Bertz CT molecular complexity index is 742. The van der Waals surface area contributed by atoms with Crippen molar-refractivity contribution >= 4 is 39.1 Å². The average molecular weight is 330 g/mol. The van der Waals surface area contributed by atoms with Crippen LogP contribution in [-0.4, -0.2) is 14.3 Å². The highest BCUT2D eigenvalue weighted by Gasteiger charge is 2.19. The van der Waals surface area contributed by atoms with E-state index in [0.29, 0.717) is 5.02 Å². The number of amides is 1. The van der Waals surface area contributed by atoms with Gasteiger partial charge in [-0.25, -0.2) is 13.1 Å². The number of carbonyl (C=O) groups excluding carboxylic acids is 1. The van der Waals surface area contributed by atoms with Crippen LogP contribution in [0.15, 0.2) is 53.4 Å². The summed E-state index contributed by atoms with van der Waals surface area (Å²) in [5, 5.41) is 0.581. The molecule has 0 unspecified atom stereocenters. The van der Waals surface area contributed by atoms with E-state index >= 15 is 0 Å². The molecule has 0 spiro atoms. The summed E-state index contributed by atoms with van der Waals surface area (Å²) >= 11 is 11.5. The first-order chi connectivity index (χ1) is 9.40. The quantitative estimate of drug-likeness (QED) is 0.940. The second kappa shape index (κ2) is 5.83. The first-order valence-electron chi connectivity index (χ1n) is 5.47. The lowest BCUT2D eigenvalue weighted by molar-refractivity contribution is 0.0981. The lowest BCUT2D eigenvalue weighted by Crippen LogP contribution is -2.30. The lowest BCUT2D eigenvalue weighted by Gasteiger charge is -2.08. The zero-order chi connectivity index (χ0) is 14.8. The van der Waals surface area contributed by atoms with Crippen molar-refractivity contribution in [2.45, 2.75) is 4.90 Å². The van der Waals surface area contributed by atoms with Crippen molar-refractivity contribution in [3.8, 4) is 0 Å². The van der Waals surface area contributed by atoms with Crippen molar-refractivity contribution in [2.24, 2.45) is 0 Å². The van der Waals surface area contributed by atoms with Crippen LogP contribution in [0.1, 0.15) is 10.4 Å². The maximum atomic E-state index is 12.0. The van der Waals surface area contributed by atoms with Gasteiger partial charge in [0.15, 0.2) is 0 Å². The standard InChI is InChI=1S/C13H9Cl2NO3S/c14-9-5-7-10(8-6-9)20(18,19)16-13(17)11-3-1-2-4-12(11)15/h1-8H,(H,16,17). The molecule has 0 bridgehead atoms. The molecular weight excluding hydrogens is 321 g/mol. The van der Waals surface area contributed by atoms with Crippen LogP contribution in [0, 0.1) is 0 Å². The Morgan fingerprint density at radius 2 is 1.55 bits per heavy atom. The van der Waals surface area contributed by atoms with Crippen LogP contribution >= 0.6 is 23.2 Å². The van der Waals surface area contributed by atoms with Gasteiger partial charge in [0.2, 0.25) is 0 Å². The Balaban J connectivity index is 2.27. The number of halogens is 2. The van der Waals surface area contributed by atoms with Gasteiger partial charge in [-0.15, -0.1) is 0 Å². The molecule has 4 nitrogen and oxygen atoms in total. The summed E-state index contributed by atoms with van der Waals surface area (Å²) in [7, 11) is -3.96. The van der Waals surface area contributed by atoms with E-state index in [4.69, 9.17) is 23.2 Å². The monoisotopic (exact) mass is 329 g/mol. The second-order valence-corrected chi connectivity index (χ2v) is 6.39. The zero-order valence-corrected chi connectivity index (χ0v) is 12.3. The largest absolute Gasteiger partial charge is 0.268 e.